The molecule has 0 fully saturated rings. The largest absolute Gasteiger partial charge is 0.424 e. The topological polar surface area (TPSA) is 12.5 Å². The smallest absolute Gasteiger partial charge is 0.247 e. The van der Waals surface area contributed by atoms with Crippen molar-refractivity contribution in [2.75, 3.05) is 5.06 Å². The van der Waals surface area contributed by atoms with E-state index in [0.717, 1.165) is 25.7 Å². The van der Waals surface area contributed by atoms with Gasteiger partial charge in [0.2, 0.25) is 5.60 Å². The van der Waals surface area contributed by atoms with Crippen LogP contribution in [0.3, 0.4) is 0 Å². The zero-order valence-electron chi connectivity index (χ0n) is 21.9. The second kappa shape index (κ2) is 11.5. The Hall–Kier alpha value is -3.83. The van der Waals surface area contributed by atoms with Crippen LogP contribution in [0.4, 0.5) is 18.9 Å². The molecule has 0 N–H and O–H groups in total. The molecule has 2 nitrogen and oxygen atoms in total. The van der Waals surface area contributed by atoms with E-state index in [-0.39, 0.29) is 0 Å². The highest BCUT2D eigenvalue weighted by Crippen LogP contribution is 2.54. The van der Waals surface area contributed by atoms with E-state index in [1.807, 2.05) is 30.3 Å². The van der Waals surface area contributed by atoms with Crippen LogP contribution in [-0.4, -0.2) is 11.8 Å². The van der Waals surface area contributed by atoms with E-state index in [4.69, 9.17) is 4.84 Å². The normalized spacial score (nSPS) is 17.5. The molecule has 1 aliphatic heterocycles. The van der Waals surface area contributed by atoms with Crippen LogP contribution in [0.25, 0.3) is 5.70 Å². The molecule has 0 radical (unpaired) electrons. The Labute approximate surface area is 228 Å². The van der Waals surface area contributed by atoms with Gasteiger partial charge in [0.1, 0.15) is 0 Å². The van der Waals surface area contributed by atoms with Gasteiger partial charge in [-0.25, -0.2) is 9.90 Å². The number of para-hydroxylation sites is 1. The number of hydrogen-bond donors (Lipinski definition) is 0. The number of halogens is 3. The van der Waals surface area contributed by atoms with Gasteiger partial charge in [-0.2, -0.15) is 13.2 Å². The van der Waals surface area contributed by atoms with E-state index >= 15 is 13.2 Å². The minimum absolute atomic E-state index is 0.371. The van der Waals surface area contributed by atoms with E-state index in [0.29, 0.717) is 28.1 Å². The first-order valence-electron chi connectivity index (χ1n) is 13.5. The molecule has 0 saturated carbocycles. The molecule has 0 aromatic heterocycles. The minimum Gasteiger partial charge on any atom is -0.247 e. The maximum atomic E-state index is 15.5. The number of unbranched alkanes of at least 4 members (excludes halogenated alkanes) is 2. The Morgan fingerprint density at radius 1 is 0.718 bits per heavy atom. The Morgan fingerprint density at radius 3 is 1.77 bits per heavy atom. The summed E-state index contributed by atoms with van der Waals surface area (Å²) in [6.07, 6.45) is 0.872. The van der Waals surface area contributed by atoms with E-state index in [1.54, 1.807) is 84.9 Å². The number of hydrogen-bond acceptors (Lipinski definition) is 2. The highest BCUT2D eigenvalue weighted by atomic mass is 19.4. The molecular weight excluding hydrogens is 495 g/mol. The molecule has 5 heteroatoms. The van der Waals surface area contributed by atoms with Crippen molar-refractivity contribution in [3.05, 3.63) is 144 Å². The van der Waals surface area contributed by atoms with E-state index < -0.39 is 17.7 Å². The van der Waals surface area contributed by atoms with Gasteiger partial charge in [0, 0.05) is 5.56 Å². The standard InChI is InChI=1S/C34H32F3NO/c1-2-3-7-14-26-21-23-27(24-22-26)31-25-33(34(35,36)37,39-38(31)30-19-12-6-13-20-30)32(28-15-8-4-9-16-28)29-17-10-5-11-18-29/h4-6,8-13,15-25,32H,2-3,7,14H2,1H3. The molecule has 4 aromatic rings. The fraction of sp³-hybridized carbons (Fsp3) is 0.235. The predicted octanol–water partition coefficient (Wildman–Crippen LogP) is 9.35. The van der Waals surface area contributed by atoms with Gasteiger partial charge in [-0.05, 0) is 47.7 Å². The predicted molar refractivity (Wildman–Crippen MR) is 151 cm³/mol. The molecule has 0 aliphatic carbocycles. The summed E-state index contributed by atoms with van der Waals surface area (Å²) in [6.45, 7) is 2.17. The molecule has 200 valence electrons. The summed E-state index contributed by atoms with van der Waals surface area (Å²) in [7, 11) is 0. The van der Waals surface area contributed by atoms with Gasteiger partial charge in [0.25, 0.3) is 0 Å². The molecule has 1 heterocycles. The summed E-state index contributed by atoms with van der Waals surface area (Å²) in [5.41, 5.74) is 1.16. The van der Waals surface area contributed by atoms with E-state index in [2.05, 4.69) is 6.92 Å². The third-order valence-corrected chi connectivity index (χ3v) is 7.26. The summed E-state index contributed by atoms with van der Waals surface area (Å²) in [4.78, 5) is 6.16. The lowest BCUT2D eigenvalue weighted by atomic mass is 9.76. The average Bonchev–Trinajstić information content (AvgIpc) is 3.37. The quantitative estimate of drug-likeness (QED) is 0.201. The van der Waals surface area contributed by atoms with Crippen LogP contribution < -0.4 is 5.06 Å². The van der Waals surface area contributed by atoms with Gasteiger partial charge in [-0.1, -0.05) is 123 Å². The van der Waals surface area contributed by atoms with Crippen LogP contribution in [0, 0.1) is 0 Å². The molecule has 1 atom stereocenters. The highest BCUT2D eigenvalue weighted by Gasteiger charge is 2.65. The third kappa shape index (κ3) is 5.50. The molecule has 0 bridgehead atoms. The fourth-order valence-electron chi connectivity index (χ4n) is 5.28. The zero-order valence-corrected chi connectivity index (χ0v) is 21.9. The van der Waals surface area contributed by atoms with Gasteiger partial charge in [0.05, 0.1) is 17.3 Å². The molecule has 0 saturated heterocycles. The van der Waals surface area contributed by atoms with Crippen LogP contribution in [0.5, 0.6) is 0 Å². The lowest BCUT2D eigenvalue weighted by Crippen LogP contribution is -2.51. The van der Waals surface area contributed by atoms with Crippen LogP contribution in [0.2, 0.25) is 0 Å². The number of benzene rings is 4. The van der Waals surface area contributed by atoms with E-state index in [9.17, 15) is 0 Å². The van der Waals surface area contributed by atoms with Gasteiger partial charge < -0.3 is 0 Å². The monoisotopic (exact) mass is 527 g/mol. The summed E-state index contributed by atoms with van der Waals surface area (Å²) >= 11 is 0. The Balaban J connectivity index is 1.68. The van der Waals surface area contributed by atoms with Gasteiger partial charge in [-0.15, -0.1) is 0 Å². The highest BCUT2D eigenvalue weighted by molar-refractivity contribution is 5.81. The van der Waals surface area contributed by atoms with Crippen molar-refractivity contribution in [2.24, 2.45) is 0 Å². The second-order valence-corrected chi connectivity index (χ2v) is 9.95. The SMILES string of the molecule is CCCCCc1ccc(C2=CC(C(c3ccccc3)c3ccccc3)(C(F)(F)F)ON2c2ccccc2)cc1. The van der Waals surface area contributed by atoms with Gasteiger partial charge in [-0.3, -0.25) is 0 Å². The number of rotatable bonds is 9. The Bertz CT molecular complexity index is 1330. The number of aryl methyl sites for hydroxylation is 1. The maximum Gasteiger partial charge on any atom is 0.424 e. The van der Waals surface area contributed by atoms with Crippen LogP contribution in [0.15, 0.2) is 121 Å². The summed E-state index contributed by atoms with van der Waals surface area (Å²) in [5.74, 6) is -1.13. The van der Waals surface area contributed by atoms with E-state index in [1.165, 1.54) is 16.7 Å². The second-order valence-electron chi connectivity index (χ2n) is 9.95. The van der Waals surface area contributed by atoms with Crippen LogP contribution in [-0.2, 0) is 11.3 Å². The van der Waals surface area contributed by atoms with Crippen molar-refractivity contribution in [2.45, 2.75) is 50.3 Å². The van der Waals surface area contributed by atoms with Gasteiger partial charge >= 0.3 is 6.18 Å². The molecule has 0 amide bonds. The maximum absolute atomic E-state index is 15.5. The van der Waals surface area contributed by atoms with Crippen LogP contribution >= 0.6 is 0 Å². The summed E-state index contributed by atoms with van der Waals surface area (Å²) in [5, 5.41) is 1.35. The number of anilines is 1. The van der Waals surface area contributed by atoms with Crippen molar-refractivity contribution < 1.29 is 18.0 Å². The Morgan fingerprint density at radius 2 is 1.26 bits per heavy atom. The first-order valence-corrected chi connectivity index (χ1v) is 13.5. The Kier molecular flexibility index (Phi) is 7.89. The average molecular weight is 528 g/mol. The number of nitrogens with zero attached hydrogens (tertiary/aromatic N) is 1. The van der Waals surface area contributed by atoms with Crippen molar-refractivity contribution in [3.63, 3.8) is 0 Å². The molecule has 0 spiro atoms. The zero-order chi connectivity index (χ0) is 27.3. The molecule has 4 aromatic carbocycles. The number of hydroxylamine groups is 1. The fourth-order valence-corrected chi connectivity index (χ4v) is 5.28. The molecular formula is C34H32F3NO. The lowest BCUT2D eigenvalue weighted by Gasteiger charge is -2.38. The molecule has 1 aliphatic rings. The summed E-state index contributed by atoms with van der Waals surface area (Å²) in [6, 6.07) is 34.4. The number of alkyl halides is 3. The molecule has 1 unspecified atom stereocenters. The first-order chi connectivity index (χ1) is 18.9. The van der Waals surface area contributed by atoms with Crippen molar-refractivity contribution in [3.8, 4) is 0 Å². The lowest BCUT2D eigenvalue weighted by molar-refractivity contribution is -0.257. The summed E-state index contributed by atoms with van der Waals surface area (Å²) < 4.78 is 46.4. The van der Waals surface area contributed by atoms with Crippen LogP contribution in [0.1, 0.15) is 54.4 Å². The third-order valence-electron chi connectivity index (χ3n) is 7.26. The van der Waals surface area contributed by atoms with Gasteiger partial charge in [0.15, 0.2) is 0 Å². The van der Waals surface area contributed by atoms with Crippen molar-refractivity contribution >= 4 is 11.4 Å². The molecule has 5 rings (SSSR count). The van der Waals surface area contributed by atoms with Crippen molar-refractivity contribution in [1.29, 1.82) is 0 Å². The van der Waals surface area contributed by atoms with Crippen molar-refractivity contribution in [1.82, 2.24) is 0 Å². The molecule has 39 heavy (non-hydrogen) atoms. The minimum atomic E-state index is -4.72. The first kappa shape index (κ1) is 26.8.